The molecule has 1 saturated heterocycles. The number of aromatic nitrogens is 2. The van der Waals surface area contributed by atoms with E-state index in [1.54, 1.807) is 4.90 Å². The van der Waals surface area contributed by atoms with Gasteiger partial charge in [0.25, 0.3) is 0 Å². The van der Waals surface area contributed by atoms with Gasteiger partial charge in [0, 0.05) is 42.0 Å². The van der Waals surface area contributed by atoms with Gasteiger partial charge in [0.2, 0.25) is 0 Å². The van der Waals surface area contributed by atoms with E-state index in [1.807, 2.05) is 56.9 Å². The molecule has 0 bridgehead atoms. The number of piperidine rings is 1. The lowest BCUT2D eigenvalue weighted by Crippen LogP contribution is -2.42. The predicted octanol–water partition coefficient (Wildman–Crippen LogP) is 5.73. The van der Waals surface area contributed by atoms with Crippen LogP contribution in [0.15, 0.2) is 24.5 Å². The Balaban J connectivity index is 1.55. The smallest absolute Gasteiger partial charge is 0.412 e. The minimum atomic E-state index is -0.941. The van der Waals surface area contributed by atoms with Crippen LogP contribution in [-0.2, 0) is 11.2 Å². The van der Waals surface area contributed by atoms with E-state index in [9.17, 15) is 14.7 Å². The fraction of sp³-hybridized carbons (Fsp3) is 0.593. The number of carbonyl (C=O) groups is 2. The Morgan fingerprint density at radius 3 is 2.53 bits per heavy atom. The number of likely N-dealkylation sites (tertiary alicyclic amines) is 1. The zero-order valence-corrected chi connectivity index (χ0v) is 22.0. The molecule has 1 atom stereocenters. The first-order chi connectivity index (χ1) is 17.1. The quantitative estimate of drug-likeness (QED) is 0.565. The maximum absolute atomic E-state index is 12.4. The lowest BCUT2D eigenvalue weighted by atomic mass is 9.92. The van der Waals surface area contributed by atoms with Crippen molar-refractivity contribution in [1.82, 2.24) is 14.7 Å². The summed E-state index contributed by atoms with van der Waals surface area (Å²) in [6.45, 7) is 11.4. The number of fused-ring (bicyclic) bond motifs is 1. The summed E-state index contributed by atoms with van der Waals surface area (Å²) < 4.78 is 13.7. The van der Waals surface area contributed by atoms with Crippen LogP contribution in [0.4, 0.5) is 15.3 Å². The number of carbonyl (C=O) groups excluding carboxylic acids is 1. The Bertz CT molecular complexity index is 1100. The van der Waals surface area contributed by atoms with Gasteiger partial charge in [-0.3, -0.25) is 9.58 Å². The van der Waals surface area contributed by atoms with Gasteiger partial charge in [-0.2, -0.15) is 5.10 Å². The third kappa shape index (κ3) is 5.44. The molecule has 0 unspecified atom stereocenters. The number of carboxylic acid groups (broad SMARTS) is 1. The molecule has 0 spiro atoms. The van der Waals surface area contributed by atoms with Crippen LogP contribution in [0.25, 0.3) is 11.1 Å². The number of hydrogen-bond donors (Lipinski definition) is 1. The standard InChI is InChI=1S/C27H38N4O5/c1-6-15-35-24-21(9-10-23-22(24)8-7-18(2)31(23)25(32)33)19-16-28-30(17-19)20-11-13-29(14-12-20)26(34)36-27(3,4)5/h9-10,16-18,20H,6-8,11-15H2,1-5H3,(H,32,33)/t18-/m0/s1. The summed E-state index contributed by atoms with van der Waals surface area (Å²) in [5.74, 6) is 0.756. The maximum Gasteiger partial charge on any atom is 0.412 e. The molecule has 196 valence electrons. The van der Waals surface area contributed by atoms with Crippen LogP contribution in [0.1, 0.15) is 71.9 Å². The molecule has 1 fully saturated rings. The average Bonchev–Trinajstić information content (AvgIpc) is 3.31. The van der Waals surface area contributed by atoms with Crippen LogP contribution >= 0.6 is 0 Å². The van der Waals surface area contributed by atoms with E-state index in [2.05, 4.69) is 12.0 Å². The number of nitrogens with zero attached hydrogens (tertiary/aromatic N) is 4. The highest BCUT2D eigenvalue weighted by Crippen LogP contribution is 2.43. The van der Waals surface area contributed by atoms with E-state index in [4.69, 9.17) is 9.47 Å². The van der Waals surface area contributed by atoms with Gasteiger partial charge in [-0.25, -0.2) is 9.59 Å². The molecule has 2 aromatic rings. The van der Waals surface area contributed by atoms with Gasteiger partial charge in [-0.15, -0.1) is 0 Å². The van der Waals surface area contributed by atoms with Crippen molar-refractivity contribution in [3.63, 3.8) is 0 Å². The Hall–Kier alpha value is -3.23. The molecule has 0 aliphatic carbocycles. The zero-order valence-electron chi connectivity index (χ0n) is 22.0. The van der Waals surface area contributed by atoms with Crippen molar-refractivity contribution < 1.29 is 24.2 Å². The van der Waals surface area contributed by atoms with Crippen LogP contribution in [0, 0.1) is 0 Å². The number of rotatable bonds is 5. The summed E-state index contributed by atoms with van der Waals surface area (Å²) in [7, 11) is 0. The Morgan fingerprint density at radius 1 is 1.17 bits per heavy atom. The Kier molecular flexibility index (Phi) is 7.47. The predicted molar refractivity (Wildman–Crippen MR) is 138 cm³/mol. The van der Waals surface area contributed by atoms with Crippen molar-refractivity contribution in [1.29, 1.82) is 0 Å². The molecule has 9 heteroatoms. The molecule has 4 rings (SSSR count). The van der Waals surface area contributed by atoms with Crippen molar-refractivity contribution in [2.75, 3.05) is 24.6 Å². The van der Waals surface area contributed by atoms with Crippen LogP contribution in [-0.4, -0.2) is 63.3 Å². The lowest BCUT2D eigenvalue weighted by molar-refractivity contribution is 0.0184. The molecule has 1 aromatic carbocycles. The summed E-state index contributed by atoms with van der Waals surface area (Å²) in [4.78, 5) is 27.6. The fourth-order valence-corrected chi connectivity index (χ4v) is 5.01. The summed E-state index contributed by atoms with van der Waals surface area (Å²) >= 11 is 0. The molecule has 0 radical (unpaired) electrons. The maximum atomic E-state index is 12.4. The molecule has 9 nitrogen and oxygen atoms in total. The van der Waals surface area contributed by atoms with Crippen molar-refractivity contribution in [3.8, 4) is 16.9 Å². The first kappa shape index (κ1) is 25.9. The minimum Gasteiger partial charge on any atom is -0.493 e. The highest BCUT2D eigenvalue weighted by atomic mass is 16.6. The number of anilines is 1. The van der Waals surface area contributed by atoms with Crippen molar-refractivity contribution in [2.45, 2.75) is 84.4 Å². The second-order valence-electron chi connectivity index (χ2n) is 10.7. The van der Waals surface area contributed by atoms with Crippen LogP contribution in [0.5, 0.6) is 5.75 Å². The van der Waals surface area contributed by atoms with Gasteiger partial charge in [-0.1, -0.05) is 6.92 Å². The number of ether oxygens (including phenoxy) is 2. The average molecular weight is 499 g/mol. The van der Waals surface area contributed by atoms with Crippen molar-refractivity contribution in [3.05, 3.63) is 30.1 Å². The van der Waals surface area contributed by atoms with Crippen LogP contribution < -0.4 is 9.64 Å². The van der Waals surface area contributed by atoms with Gasteiger partial charge >= 0.3 is 12.2 Å². The second-order valence-corrected chi connectivity index (χ2v) is 10.7. The molecular weight excluding hydrogens is 460 g/mol. The fourth-order valence-electron chi connectivity index (χ4n) is 5.01. The SMILES string of the molecule is CCCOc1c(-c2cnn(C3CCN(C(=O)OC(C)(C)C)CC3)c2)ccc2c1CC[C@H](C)N2C(=O)O. The summed E-state index contributed by atoms with van der Waals surface area (Å²) in [5, 5.41) is 14.5. The third-order valence-corrected chi connectivity index (χ3v) is 6.81. The van der Waals surface area contributed by atoms with Gasteiger partial charge in [0.1, 0.15) is 11.4 Å². The van der Waals surface area contributed by atoms with E-state index < -0.39 is 11.7 Å². The molecule has 36 heavy (non-hydrogen) atoms. The number of amides is 2. The summed E-state index contributed by atoms with van der Waals surface area (Å²) in [6.07, 6.45) is 6.66. The molecule has 0 saturated carbocycles. The van der Waals surface area contributed by atoms with Gasteiger partial charge in [0.15, 0.2) is 0 Å². The number of hydrogen-bond acceptors (Lipinski definition) is 5. The Labute approximate surface area is 213 Å². The molecule has 2 aliphatic heterocycles. The molecular formula is C27H38N4O5. The van der Waals surface area contributed by atoms with Gasteiger partial charge in [-0.05, 0) is 71.9 Å². The van der Waals surface area contributed by atoms with E-state index in [-0.39, 0.29) is 18.2 Å². The molecule has 1 aromatic heterocycles. The minimum absolute atomic E-state index is 0.0748. The summed E-state index contributed by atoms with van der Waals surface area (Å²) in [6, 6.07) is 3.96. The van der Waals surface area contributed by atoms with E-state index in [0.29, 0.717) is 25.4 Å². The monoisotopic (exact) mass is 498 g/mol. The molecule has 2 aliphatic rings. The number of benzene rings is 1. The lowest BCUT2D eigenvalue weighted by Gasteiger charge is -2.34. The Morgan fingerprint density at radius 2 is 1.89 bits per heavy atom. The van der Waals surface area contributed by atoms with E-state index >= 15 is 0 Å². The molecule has 1 N–H and O–H groups in total. The zero-order chi connectivity index (χ0) is 26.0. The van der Waals surface area contributed by atoms with E-state index in [0.717, 1.165) is 54.5 Å². The first-order valence-electron chi connectivity index (χ1n) is 12.9. The topological polar surface area (TPSA) is 97.1 Å². The molecule has 2 amide bonds. The van der Waals surface area contributed by atoms with Crippen LogP contribution in [0.3, 0.4) is 0 Å². The first-order valence-corrected chi connectivity index (χ1v) is 12.9. The van der Waals surface area contributed by atoms with Crippen molar-refractivity contribution in [2.24, 2.45) is 0 Å². The highest BCUT2D eigenvalue weighted by Gasteiger charge is 2.32. The van der Waals surface area contributed by atoms with Gasteiger partial charge < -0.3 is 19.5 Å². The van der Waals surface area contributed by atoms with Gasteiger partial charge in [0.05, 0.1) is 24.5 Å². The van der Waals surface area contributed by atoms with Crippen molar-refractivity contribution >= 4 is 17.9 Å². The normalized spacial score (nSPS) is 18.6. The summed E-state index contributed by atoms with van der Waals surface area (Å²) in [5.41, 5.74) is 3.02. The van der Waals surface area contributed by atoms with Crippen LogP contribution in [0.2, 0.25) is 0 Å². The highest BCUT2D eigenvalue weighted by molar-refractivity contribution is 5.91. The largest absolute Gasteiger partial charge is 0.493 e. The molecule has 3 heterocycles. The second kappa shape index (κ2) is 10.4. The third-order valence-electron chi connectivity index (χ3n) is 6.81. The van der Waals surface area contributed by atoms with E-state index in [1.165, 1.54) is 4.90 Å².